The third kappa shape index (κ3) is 2.76. The fourth-order valence-corrected chi connectivity index (χ4v) is 2.27. The second-order valence-corrected chi connectivity index (χ2v) is 4.11. The van der Waals surface area contributed by atoms with E-state index in [2.05, 4.69) is 4.98 Å². The number of thiazole rings is 1. The van der Waals surface area contributed by atoms with Gasteiger partial charge in [0.05, 0.1) is 5.69 Å². The summed E-state index contributed by atoms with van der Waals surface area (Å²) in [5.74, 6) is -0.903. The molecule has 5 heteroatoms. The van der Waals surface area contributed by atoms with E-state index >= 15 is 0 Å². The van der Waals surface area contributed by atoms with Gasteiger partial charge >= 0.3 is 5.97 Å². The molecular formula is C10H15NO3S. The van der Waals surface area contributed by atoms with E-state index in [0.717, 1.165) is 5.01 Å². The molecule has 84 valence electrons. The van der Waals surface area contributed by atoms with Gasteiger partial charge in [-0.05, 0) is 20.3 Å². The van der Waals surface area contributed by atoms with Crippen molar-refractivity contribution in [1.82, 2.24) is 4.98 Å². The zero-order valence-electron chi connectivity index (χ0n) is 9.11. The molecule has 4 nitrogen and oxygen atoms in total. The van der Waals surface area contributed by atoms with Gasteiger partial charge in [0.1, 0.15) is 16.0 Å². The van der Waals surface area contributed by atoms with E-state index in [1.165, 1.54) is 11.3 Å². The van der Waals surface area contributed by atoms with Crippen LogP contribution in [0.4, 0.5) is 0 Å². The van der Waals surface area contributed by atoms with Crippen molar-refractivity contribution in [3.8, 4) is 0 Å². The van der Waals surface area contributed by atoms with Gasteiger partial charge in [0.15, 0.2) is 0 Å². The van der Waals surface area contributed by atoms with Crippen LogP contribution in [0.2, 0.25) is 0 Å². The number of rotatable bonds is 5. The Labute approximate surface area is 92.9 Å². The van der Waals surface area contributed by atoms with Gasteiger partial charge in [0, 0.05) is 6.61 Å². The predicted octanol–water partition coefficient (Wildman–Crippen LogP) is 2.50. The van der Waals surface area contributed by atoms with E-state index in [0.29, 0.717) is 23.6 Å². The van der Waals surface area contributed by atoms with Crippen molar-refractivity contribution in [2.45, 2.75) is 33.3 Å². The SMILES string of the molecule is CCOC(C)c1nc(CC)c(C(=O)O)s1. The lowest BCUT2D eigenvalue weighted by Crippen LogP contribution is -1.99. The van der Waals surface area contributed by atoms with Crippen LogP contribution in [0.1, 0.15) is 47.2 Å². The Morgan fingerprint density at radius 1 is 1.60 bits per heavy atom. The van der Waals surface area contributed by atoms with Gasteiger partial charge in [0.2, 0.25) is 0 Å². The Morgan fingerprint density at radius 3 is 2.67 bits per heavy atom. The van der Waals surface area contributed by atoms with Crippen molar-refractivity contribution in [2.75, 3.05) is 6.61 Å². The molecule has 1 unspecified atom stereocenters. The smallest absolute Gasteiger partial charge is 0.347 e. The third-order valence-corrected chi connectivity index (χ3v) is 3.25. The summed E-state index contributed by atoms with van der Waals surface area (Å²) in [6.07, 6.45) is 0.509. The van der Waals surface area contributed by atoms with Gasteiger partial charge in [-0.1, -0.05) is 6.92 Å². The van der Waals surface area contributed by atoms with Crippen molar-refractivity contribution >= 4 is 17.3 Å². The molecule has 1 aromatic rings. The van der Waals surface area contributed by atoms with E-state index in [9.17, 15) is 4.79 Å². The highest BCUT2D eigenvalue weighted by Gasteiger charge is 2.19. The Kier molecular flexibility index (Phi) is 4.23. The number of aromatic carboxylic acids is 1. The highest BCUT2D eigenvalue weighted by atomic mass is 32.1. The molecule has 1 N–H and O–H groups in total. The summed E-state index contributed by atoms with van der Waals surface area (Å²) in [5, 5.41) is 9.69. The average Bonchev–Trinajstić information content (AvgIpc) is 2.61. The molecule has 0 aliphatic rings. The Hall–Kier alpha value is -0.940. The van der Waals surface area contributed by atoms with Crippen LogP contribution in [0.15, 0.2) is 0 Å². The molecular weight excluding hydrogens is 214 g/mol. The van der Waals surface area contributed by atoms with E-state index in [4.69, 9.17) is 9.84 Å². The maximum absolute atomic E-state index is 10.9. The molecule has 0 bridgehead atoms. The normalized spacial score (nSPS) is 12.7. The molecule has 0 saturated heterocycles. The molecule has 0 radical (unpaired) electrons. The number of carboxylic acid groups (broad SMARTS) is 1. The lowest BCUT2D eigenvalue weighted by molar-refractivity contribution is 0.0700. The number of hydrogen-bond acceptors (Lipinski definition) is 4. The first-order valence-electron chi connectivity index (χ1n) is 4.94. The number of nitrogens with zero attached hydrogens (tertiary/aromatic N) is 1. The van der Waals surface area contributed by atoms with E-state index in [-0.39, 0.29) is 6.10 Å². The fraction of sp³-hybridized carbons (Fsp3) is 0.600. The summed E-state index contributed by atoms with van der Waals surface area (Å²) >= 11 is 1.20. The van der Waals surface area contributed by atoms with Crippen LogP contribution >= 0.6 is 11.3 Å². The highest BCUT2D eigenvalue weighted by molar-refractivity contribution is 7.13. The molecule has 0 aromatic carbocycles. The maximum atomic E-state index is 10.9. The second kappa shape index (κ2) is 5.23. The van der Waals surface area contributed by atoms with Crippen LogP contribution in [0.3, 0.4) is 0 Å². The quantitative estimate of drug-likeness (QED) is 0.842. The van der Waals surface area contributed by atoms with Crippen molar-refractivity contribution in [1.29, 1.82) is 0 Å². The summed E-state index contributed by atoms with van der Waals surface area (Å²) < 4.78 is 5.38. The zero-order valence-corrected chi connectivity index (χ0v) is 9.93. The average molecular weight is 229 g/mol. The van der Waals surface area contributed by atoms with Crippen molar-refractivity contribution in [3.63, 3.8) is 0 Å². The minimum atomic E-state index is -0.903. The second-order valence-electron chi connectivity index (χ2n) is 3.08. The number of carboxylic acids is 1. The van der Waals surface area contributed by atoms with Crippen LogP contribution in [0, 0.1) is 0 Å². The first-order chi connectivity index (χ1) is 7.10. The zero-order chi connectivity index (χ0) is 11.4. The van der Waals surface area contributed by atoms with Crippen molar-refractivity contribution in [2.24, 2.45) is 0 Å². The molecule has 0 aliphatic carbocycles. The van der Waals surface area contributed by atoms with E-state index in [1.807, 2.05) is 20.8 Å². The van der Waals surface area contributed by atoms with Gasteiger partial charge in [-0.15, -0.1) is 11.3 Å². The first kappa shape index (κ1) is 12.1. The topological polar surface area (TPSA) is 59.4 Å². The monoisotopic (exact) mass is 229 g/mol. The standard InChI is InChI=1S/C10H15NO3S/c1-4-7-8(10(12)13)15-9(11-7)6(3)14-5-2/h6H,4-5H2,1-3H3,(H,12,13). The third-order valence-electron chi connectivity index (χ3n) is 2.01. The lowest BCUT2D eigenvalue weighted by atomic mass is 10.3. The summed E-state index contributed by atoms with van der Waals surface area (Å²) in [5.41, 5.74) is 0.647. The summed E-state index contributed by atoms with van der Waals surface area (Å²) in [4.78, 5) is 15.5. The van der Waals surface area contributed by atoms with Crippen molar-refractivity contribution < 1.29 is 14.6 Å². The van der Waals surface area contributed by atoms with Crippen molar-refractivity contribution in [3.05, 3.63) is 15.6 Å². The number of hydrogen-bond donors (Lipinski definition) is 1. The van der Waals surface area contributed by atoms with E-state index < -0.39 is 5.97 Å². The van der Waals surface area contributed by atoms with Crippen LogP contribution in [-0.2, 0) is 11.2 Å². The van der Waals surface area contributed by atoms with Crippen LogP contribution in [0.25, 0.3) is 0 Å². The van der Waals surface area contributed by atoms with Gasteiger partial charge in [-0.3, -0.25) is 0 Å². The largest absolute Gasteiger partial charge is 0.477 e. The number of ether oxygens (including phenoxy) is 1. The number of aryl methyl sites for hydroxylation is 1. The van der Waals surface area contributed by atoms with Crippen LogP contribution < -0.4 is 0 Å². The van der Waals surface area contributed by atoms with Gasteiger partial charge in [-0.25, -0.2) is 9.78 Å². The highest BCUT2D eigenvalue weighted by Crippen LogP contribution is 2.26. The minimum Gasteiger partial charge on any atom is -0.477 e. The molecule has 1 aromatic heterocycles. The molecule has 0 saturated carbocycles. The molecule has 1 heterocycles. The summed E-state index contributed by atoms with van der Waals surface area (Å²) in [6, 6.07) is 0. The Morgan fingerprint density at radius 2 is 2.27 bits per heavy atom. The minimum absolute atomic E-state index is 0.126. The molecule has 0 spiro atoms. The Balaban J connectivity index is 2.96. The van der Waals surface area contributed by atoms with Gasteiger partial charge in [0.25, 0.3) is 0 Å². The molecule has 15 heavy (non-hydrogen) atoms. The number of carbonyl (C=O) groups is 1. The predicted molar refractivity (Wildman–Crippen MR) is 58.5 cm³/mol. The van der Waals surface area contributed by atoms with Crippen LogP contribution in [-0.4, -0.2) is 22.7 Å². The summed E-state index contributed by atoms with van der Waals surface area (Å²) in [7, 11) is 0. The molecule has 0 amide bonds. The van der Waals surface area contributed by atoms with Crippen LogP contribution in [0.5, 0.6) is 0 Å². The Bertz CT molecular complexity index is 348. The van der Waals surface area contributed by atoms with Gasteiger partial charge in [-0.2, -0.15) is 0 Å². The maximum Gasteiger partial charge on any atom is 0.347 e. The van der Waals surface area contributed by atoms with E-state index in [1.54, 1.807) is 0 Å². The first-order valence-corrected chi connectivity index (χ1v) is 5.76. The molecule has 1 rings (SSSR count). The van der Waals surface area contributed by atoms with Gasteiger partial charge < -0.3 is 9.84 Å². The number of aromatic nitrogens is 1. The molecule has 0 aliphatic heterocycles. The lowest BCUT2D eigenvalue weighted by Gasteiger charge is -2.06. The molecule has 1 atom stereocenters. The summed E-state index contributed by atoms with van der Waals surface area (Å²) in [6.45, 7) is 6.29. The molecule has 0 fully saturated rings. The fourth-order valence-electron chi connectivity index (χ4n) is 1.27.